The van der Waals surface area contributed by atoms with Gasteiger partial charge < -0.3 is 15.0 Å². The molecular weight excluding hydrogens is 260 g/mol. The van der Waals surface area contributed by atoms with E-state index in [0.29, 0.717) is 10.9 Å². The van der Waals surface area contributed by atoms with E-state index in [1.165, 1.54) is 6.92 Å². The first-order valence-corrected chi connectivity index (χ1v) is 6.54. The molecule has 0 aliphatic carbocycles. The van der Waals surface area contributed by atoms with Crippen molar-refractivity contribution in [3.8, 4) is 5.75 Å². The molecule has 5 heteroatoms. The van der Waals surface area contributed by atoms with Crippen molar-refractivity contribution in [1.29, 1.82) is 0 Å². The Bertz CT molecular complexity index is 461. The first-order chi connectivity index (χ1) is 8.88. The average Bonchev–Trinajstić information content (AvgIpc) is 2.27. The van der Waals surface area contributed by atoms with Crippen LogP contribution in [0.5, 0.6) is 5.75 Å². The van der Waals surface area contributed by atoms with E-state index in [1.807, 2.05) is 45.3 Å². The van der Waals surface area contributed by atoms with Crippen molar-refractivity contribution >= 4 is 23.3 Å². The summed E-state index contributed by atoms with van der Waals surface area (Å²) in [5.41, 5.74) is 1.10. The number of hydrogen-bond donors (Lipinski definition) is 1. The number of carbonyl (C=O) groups excluding carboxylic acids is 1. The lowest BCUT2D eigenvalue weighted by Crippen LogP contribution is -2.32. The maximum absolute atomic E-state index is 11.0. The van der Waals surface area contributed by atoms with E-state index in [2.05, 4.69) is 5.32 Å². The molecule has 19 heavy (non-hydrogen) atoms. The number of thiocarbonyl (C=S) groups is 1. The Morgan fingerprint density at radius 1 is 1.47 bits per heavy atom. The zero-order valence-corrected chi connectivity index (χ0v) is 12.6. The number of nitrogens with zero attached hydrogens (tertiary/aromatic N) is 1. The molecule has 0 saturated carbocycles. The summed E-state index contributed by atoms with van der Waals surface area (Å²) in [6.45, 7) is 3.49. The van der Waals surface area contributed by atoms with Crippen LogP contribution in [0.15, 0.2) is 24.3 Å². The summed E-state index contributed by atoms with van der Waals surface area (Å²) < 4.78 is 5.55. The van der Waals surface area contributed by atoms with Gasteiger partial charge in [-0.25, -0.2) is 0 Å². The van der Waals surface area contributed by atoms with Crippen molar-refractivity contribution in [3.05, 3.63) is 29.8 Å². The second-order valence-corrected chi connectivity index (χ2v) is 5.06. The highest BCUT2D eigenvalue weighted by Crippen LogP contribution is 2.15. The van der Waals surface area contributed by atoms with Crippen LogP contribution in [-0.2, 0) is 11.2 Å². The van der Waals surface area contributed by atoms with Gasteiger partial charge in [-0.05, 0) is 43.3 Å². The van der Waals surface area contributed by atoms with E-state index in [9.17, 15) is 4.79 Å². The van der Waals surface area contributed by atoms with Crippen molar-refractivity contribution in [2.24, 2.45) is 0 Å². The van der Waals surface area contributed by atoms with Gasteiger partial charge >= 0.3 is 0 Å². The van der Waals surface area contributed by atoms with Gasteiger partial charge in [-0.2, -0.15) is 0 Å². The second kappa shape index (κ2) is 7.09. The van der Waals surface area contributed by atoms with E-state index in [4.69, 9.17) is 17.0 Å². The molecule has 0 radical (unpaired) electrons. The molecule has 0 unspecified atom stereocenters. The minimum Gasteiger partial charge on any atom is -0.432 e. The number of rotatable bonds is 4. The van der Waals surface area contributed by atoms with Gasteiger partial charge in [0.1, 0.15) is 5.75 Å². The predicted octanol–water partition coefficient (Wildman–Crippen LogP) is 1.98. The van der Waals surface area contributed by atoms with Crippen molar-refractivity contribution < 1.29 is 9.53 Å². The number of nitrogens with one attached hydrogen (secondary N) is 1. The van der Waals surface area contributed by atoms with Gasteiger partial charge in [-0.1, -0.05) is 12.1 Å². The predicted molar refractivity (Wildman–Crippen MR) is 80.3 cm³/mol. The average molecular weight is 280 g/mol. The third kappa shape index (κ3) is 5.70. The second-order valence-electron chi connectivity index (χ2n) is 4.72. The van der Waals surface area contributed by atoms with E-state index in [0.717, 1.165) is 12.0 Å². The minimum absolute atomic E-state index is 0.0197. The summed E-state index contributed by atoms with van der Waals surface area (Å²) in [7, 11) is 3.68. The molecule has 1 aromatic carbocycles. The van der Waals surface area contributed by atoms with Crippen molar-refractivity contribution in [2.45, 2.75) is 26.3 Å². The largest absolute Gasteiger partial charge is 0.432 e. The molecule has 0 heterocycles. The molecule has 104 valence electrons. The molecule has 0 aliphatic rings. The van der Waals surface area contributed by atoms with Crippen molar-refractivity contribution in [2.75, 3.05) is 14.1 Å². The summed E-state index contributed by atoms with van der Waals surface area (Å²) in [5.74, 6) is 0.694. The lowest BCUT2D eigenvalue weighted by atomic mass is 10.1. The Balaban J connectivity index is 2.66. The van der Waals surface area contributed by atoms with Crippen LogP contribution in [0.1, 0.15) is 19.4 Å². The highest BCUT2D eigenvalue weighted by atomic mass is 32.1. The quantitative estimate of drug-likeness (QED) is 0.856. The SMILES string of the molecule is CC(=O)N[C@@H](C)Cc1cccc(OC(=S)N(C)C)c1. The third-order valence-corrected chi connectivity index (χ3v) is 2.91. The fourth-order valence-corrected chi connectivity index (χ4v) is 1.78. The Morgan fingerprint density at radius 2 is 2.16 bits per heavy atom. The number of amides is 1. The normalized spacial score (nSPS) is 11.6. The smallest absolute Gasteiger partial charge is 0.264 e. The summed E-state index contributed by atoms with van der Waals surface area (Å²) >= 11 is 5.09. The third-order valence-electron chi connectivity index (χ3n) is 2.46. The summed E-state index contributed by atoms with van der Waals surface area (Å²) in [4.78, 5) is 12.7. The van der Waals surface area contributed by atoms with Crippen LogP contribution in [0, 0.1) is 0 Å². The molecule has 0 aliphatic heterocycles. The van der Waals surface area contributed by atoms with Gasteiger partial charge in [-0.15, -0.1) is 0 Å². The first kappa shape index (κ1) is 15.4. The van der Waals surface area contributed by atoms with Crippen molar-refractivity contribution in [3.63, 3.8) is 0 Å². The molecule has 0 bridgehead atoms. The number of hydrogen-bond acceptors (Lipinski definition) is 3. The van der Waals surface area contributed by atoms with Gasteiger partial charge in [0.15, 0.2) is 0 Å². The number of benzene rings is 1. The van der Waals surface area contributed by atoms with Gasteiger partial charge in [0.2, 0.25) is 5.91 Å². The topological polar surface area (TPSA) is 41.6 Å². The first-order valence-electron chi connectivity index (χ1n) is 6.13. The molecule has 0 spiro atoms. The van der Waals surface area contributed by atoms with Crippen LogP contribution in [0.3, 0.4) is 0 Å². The van der Waals surface area contributed by atoms with E-state index < -0.39 is 0 Å². The highest BCUT2D eigenvalue weighted by Gasteiger charge is 2.07. The Morgan fingerprint density at radius 3 is 2.74 bits per heavy atom. The molecule has 1 amide bonds. The van der Waals surface area contributed by atoms with E-state index in [1.54, 1.807) is 4.90 Å². The molecular formula is C14H20N2O2S. The van der Waals surface area contributed by atoms with Crippen LogP contribution in [-0.4, -0.2) is 36.1 Å². The number of carbonyl (C=O) groups is 1. The van der Waals surface area contributed by atoms with Crippen LogP contribution in [0.25, 0.3) is 0 Å². The zero-order chi connectivity index (χ0) is 14.4. The molecule has 1 aromatic rings. The fraction of sp³-hybridized carbons (Fsp3) is 0.429. The molecule has 1 N–H and O–H groups in total. The molecule has 0 aromatic heterocycles. The van der Waals surface area contributed by atoms with Crippen LogP contribution < -0.4 is 10.1 Å². The van der Waals surface area contributed by atoms with Crippen molar-refractivity contribution in [1.82, 2.24) is 10.2 Å². The summed E-state index contributed by atoms with van der Waals surface area (Å²) in [6.07, 6.45) is 0.755. The van der Waals surface area contributed by atoms with Gasteiger partial charge in [0, 0.05) is 27.1 Å². The fourth-order valence-electron chi connectivity index (χ4n) is 1.68. The molecule has 4 nitrogen and oxygen atoms in total. The minimum atomic E-state index is -0.0197. The molecule has 0 saturated heterocycles. The molecule has 1 rings (SSSR count). The monoisotopic (exact) mass is 280 g/mol. The van der Waals surface area contributed by atoms with Crippen LogP contribution in [0.2, 0.25) is 0 Å². The number of ether oxygens (including phenoxy) is 1. The van der Waals surface area contributed by atoms with Gasteiger partial charge in [0.05, 0.1) is 0 Å². The van der Waals surface area contributed by atoms with E-state index >= 15 is 0 Å². The summed E-state index contributed by atoms with van der Waals surface area (Å²) in [5, 5.41) is 3.28. The maximum atomic E-state index is 11.0. The Labute approximate surface area is 119 Å². The summed E-state index contributed by atoms with van der Waals surface area (Å²) in [6, 6.07) is 7.82. The van der Waals surface area contributed by atoms with Gasteiger partial charge in [0.25, 0.3) is 5.17 Å². The molecule has 0 fully saturated rings. The van der Waals surface area contributed by atoms with Gasteiger partial charge in [-0.3, -0.25) is 4.79 Å². The lowest BCUT2D eigenvalue weighted by molar-refractivity contribution is -0.119. The lowest BCUT2D eigenvalue weighted by Gasteiger charge is -2.16. The Hall–Kier alpha value is -1.62. The van der Waals surface area contributed by atoms with Crippen LogP contribution in [0.4, 0.5) is 0 Å². The zero-order valence-electron chi connectivity index (χ0n) is 11.8. The van der Waals surface area contributed by atoms with Crippen LogP contribution >= 0.6 is 12.2 Å². The highest BCUT2D eigenvalue weighted by molar-refractivity contribution is 7.80. The maximum Gasteiger partial charge on any atom is 0.264 e. The Kier molecular flexibility index (Phi) is 5.76. The molecule has 1 atom stereocenters. The van der Waals surface area contributed by atoms with E-state index in [-0.39, 0.29) is 11.9 Å². The standard InChI is InChI=1S/C14H20N2O2S/c1-10(15-11(2)17)8-12-6-5-7-13(9-12)18-14(19)16(3)4/h5-7,9-10H,8H2,1-4H3,(H,15,17)/t10-/m0/s1.